The van der Waals surface area contributed by atoms with Gasteiger partial charge in [-0.25, -0.2) is 0 Å². The lowest BCUT2D eigenvalue weighted by Crippen LogP contribution is -2.15. The Hall–Kier alpha value is -2.82. The van der Waals surface area contributed by atoms with Crippen LogP contribution in [0.5, 0.6) is 5.75 Å². The molecule has 1 heterocycles. The predicted molar refractivity (Wildman–Crippen MR) is 95.5 cm³/mol. The Morgan fingerprint density at radius 2 is 2.08 bits per heavy atom. The molecule has 2 aromatic carbocycles. The first-order valence-electron chi connectivity index (χ1n) is 7.96. The van der Waals surface area contributed by atoms with E-state index in [0.29, 0.717) is 5.92 Å². The second-order valence-electron chi connectivity index (χ2n) is 6.12. The van der Waals surface area contributed by atoms with Crippen LogP contribution in [0.4, 0.5) is 5.69 Å². The molecule has 3 rings (SSSR count). The molecule has 0 atom stereocenters. The topological polar surface area (TPSA) is 67.0 Å². The van der Waals surface area contributed by atoms with E-state index in [1.807, 2.05) is 36.4 Å². The zero-order valence-electron chi connectivity index (χ0n) is 14.1. The van der Waals surface area contributed by atoms with E-state index >= 15 is 0 Å². The van der Waals surface area contributed by atoms with E-state index in [2.05, 4.69) is 29.4 Å². The lowest BCUT2D eigenvalue weighted by molar-refractivity contribution is -0.115. The average Bonchev–Trinajstić information content (AvgIpc) is 3.02. The highest BCUT2D eigenvalue weighted by Crippen LogP contribution is 2.25. The molecular formula is C19H21N3O2. The summed E-state index contributed by atoms with van der Waals surface area (Å²) in [4.78, 5) is 12.4. The smallest absolute Gasteiger partial charge is 0.228 e. The van der Waals surface area contributed by atoms with Crippen molar-refractivity contribution < 1.29 is 9.53 Å². The van der Waals surface area contributed by atoms with Gasteiger partial charge >= 0.3 is 0 Å². The summed E-state index contributed by atoms with van der Waals surface area (Å²) in [5, 5.41) is 10.8. The lowest BCUT2D eigenvalue weighted by atomic mass is 9.99. The van der Waals surface area contributed by atoms with Crippen LogP contribution in [0.15, 0.2) is 42.6 Å². The van der Waals surface area contributed by atoms with Crippen molar-refractivity contribution in [1.29, 1.82) is 0 Å². The first-order chi connectivity index (χ1) is 11.6. The fourth-order valence-corrected chi connectivity index (χ4v) is 2.66. The molecule has 1 amide bonds. The van der Waals surface area contributed by atoms with Crippen molar-refractivity contribution >= 4 is 22.5 Å². The van der Waals surface area contributed by atoms with Gasteiger partial charge in [-0.15, -0.1) is 0 Å². The van der Waals surface area contributed by atoms with E-state index in [4.69, 9.17) is 4.74 Å². The molecule has 0 spiro atoms. The largest absolute Gasteiger partial charge is 0.496 e. The van der Waals surface area contributed by atoms with Crippen LogP contribution < -0.4 is 10.1 Å². The third kappa shape index (κ3) is 3.40. The minimum Gasteiger partial charge on any atom is -0.496 e. The van der Waals surface area contributed by atoms with Gasteiger partial charge in [0, 0.05) is 16.6 Å². The number of carbonyl (C=O) groups is 1. The first-order valence-corrected chi connectivity index (χ1v) is 7.96. The van der Waals surface area contributed by atoms with Gasteiger partial charge in [-0.3, -0.25) is 9.89 Å². The Labute approximate surface area is 141 Å². The summed E-state index contributed by atoms with van der Waals surface area (Å²) in [5.41, 5.74) is 3.71. The number of nitrogens with zero attached hydrogens (tertiary/aromatic N) is 1. The van der Waals surface area contributed by atoms with Crippen molar-refractivity contribution in [1.82, 2.24) is 10.2 Å². The summed E-state index contributed by atoms with van der Waals surface area (Å²) in [7, 11) is 1.63. The molecule has 1 aromatic heterocycles. The van der Waals surface area contributed by atoms with Crippen LogP contribution >= 0.6 is 0 Å². The molecule has 0 aliphatic heterocycles. The molecule has 0 saturated heterocycles. The SMILES string of the molecule is COc1cc(C(C)C)ccc1CC(=O)Nc1ccc2cn[nH]c2c1. The number of benzene rings is 2. The normalized spacial score (nSPS) is 11.0. The van der Waals surface area contributed by atoms with Gasteiger partial charge in [-0.2, -0.15) is 5.10 Å². The number of anilines is 1. The number of carbonyl (C=O) groups excluding carboxylic acids is 1. The van der Waals surface area contributed by atoms with Crippen LogP contribution in [-0.2, 0) is 11.2 Å². The van der Waals surface area contributed by atoms with Gasteiger partial charge in [0.25, 0.3) is 0 Å². The van der Waals surface area contributed by atoms with E-state index < -0.39 is 0 Å². The lowest BCUT2D eigenvalue weighted by Gasteiger charge is -2.13. The Balaban J connectivity index is 1.74. The summed E-state index contributed by atoms with van der Waals surface area (Å²) in [6, 6.07) is 11.7. The molecule has 0 aliphatic rings. The summed E-state index contributed by atoms with van der Waals surface area (Å²) in [5.74, 6) is 1.09. The molecule has 0 bridgehead atoms. The van der Waals surface area contributed by atoms with Crippen molar-refractivity contribution in [2.45, 2.75) is 26.2 Å². The molecule has 0 aliphatic carbocycles. The standard InChI is InChI=1S/C19H21N3O2/c1-12(2)13-4-5-14(18(8-13)24-3)9-19(23)21-16-7-6-15-11-20-22-17(15)10-16/h4-8,10-12H,9H2,1-3H3,(H,20,22)(H,21,23). The van der Waals surface area contributed by atoms with Gasteiger partial charge in [0.05, 0.1) is 25.2 Å². The van der Waals surface area contributed by atoms with E-state index in [1.165, 1.54) is 5.56 Å². The number of hydrogen-bond acceptors (Lipinski definition) is 3. The van der Waals surface area contributed by atoms with E-state index in [0.717, 1.165) is 27.9 Å². The van der Waals surface area contributed by atoms with Crippen LogP contribution in [0, 0.1) is 0 Å². The Kier molecular flexibility index (Phi) is 4.51. The molecule has 24 heavy (non-hydrogen) atoms. The number of amides is 1. The molecule has 124 valence electrons. The maximum absolute atomic E-state index is 12.4. The van der Waals surface area contributed by atoms with Crippen LogP contribution in [0.1, 0.15) is 30.9 Å². The summed E-state index contributed by atoms with van der Waals surface area (Å²) in [6.45, 7) is 4.26. The van der Waals surface area contributed by atoms with Crippen LogP contribution in [0.3, 0.4) is 0 Å². The van der Waals surface area contributed by atoms with Gasteiger partial charge in [0.1, 0.15) is 5.75 Å². The maximum Gasteiger partial charge on any atom is 0.228 e. The molecule has 0 fully saturated rings. The Bertz CT molecular complexity index is 868. The van der Waals surface area contributed by atoms with Crippen molar-refractivity contribution in [3.8, 4) is 5.75 Å². The van der Waals surface area contributed by atoms with Crippen molar-refractivity contribution in [3.63, 3.8) is 0 Å². The highest BCUT2D eigenvalue weighted by molar-refractivity contribution is 5.94. The van der Waals surface area contributed by atoms with Crippen LogP contribution in [0.2, 0.25) is 0 Å². The number of fused-ring (bicyclic) bond motifs is 1. The number of aromatic nitrogens is 2. The summed E-state index contributed by atoms with van der Waals surface area (Å²) in [6.07, 6.45) is 2.02. The number of rotatable bonds is 5. The zero-order chi connectivity index (χ0) is 17.1. The van der Waals surface area contributed by atoms with Crippen LogP contribution in [-0.4, -0.2) is 23.2 Å². The van der Waals surface area contributed by atoms with E-state index in [1.54, 1.807) is 13.3 Å². The first kappa shape index (κ1) is 16.1. The minimum atomic E-state index is -0.0792. The second-order valence-corrected chi connectivity index (χ2v) is 6.12. The molecule has 5 nitrogen and oxygen atoms in total. The van der Waals surface area contributed by atoms with E-state index in [9.17, 15) is 4.79 Å². The highest BCUT2D eigenvalue weighted by Gasteiger charge is 2.11. The van der Waals surface area contributed by atoms with Gasteiger partial charge < -0.3 is 10.1 Å². The second kappa shape index (κ2) is 6.74. The van der Waals surface area contributed by atoms with Gasteiger partial charge in [0.2, 0.25) is 5.91 Å². The van der Waals surface area contributed by atoms with Crippen molar-refractivity contribution in [2.24, 2.45) is 0 Å². The summed E-state index contributed by atoms with van der Waals surface area (Å²) < 4.78 is 5.44. The van der Waals surface area contributed by atoms with Gasteiger partial charge in [-0.05, 0) is 35.7 Å². The number of nitrogens with one attached hydrogen (secondary N) is 2. The Morgan fingerprint density at radius 1 is 1.25 bits per heavy atom. The monoisotopic (exact) mass is 323 g/mol. The highest BCUT2D eigenvalue weighted by atomic mass is 16.5. The van der Waals surface area contributed by atoms with Gasteiger partial charge in [-0.1, -0.05) is 26.0 Å². The quantitative estimate of drug-likeness (QED) is 0.749. The molecular weight excluding hydrogens is 302 g/mol. The van der Waals surface area contributed by atoms with Gasteiger partial charge in [0.15, 0.2) is 0 Å². The zero-order valence-corrected chi connectivity index (χ0v) is 14.1. The fraction of sp³-hybridized carbons (Fsp3) is 0.263. The Morgan fingerprint density at radius 3 is 2.83 bits per heavy atom. The summed E-state index contributed by atoms with van der Waals surface area (Å²) >= 11 is 0. The molecule has 0 saturated carbocycles. The maximum atomic E-state index is 12.4. The predicted octanol–water partition coefficient (Wildman–Crippen LogP) is 3.88. The van der Waals surface area contributed by atoms with Crippen molar-refractivity contribution in [2.75, 3.05) is 12.4 Å². The van der Waals surface area contributed by atoms with Crippen molar-refractivity contribution in [3.05, 3.63) is 53.7 Å². The van der Waals surface area contributed by atoms with Crippen LogP contribution in [0.25, 0.3) is 10.9 Å². The third-order valence-corrected chi connectivity index (χ3v) is 4.05. The number of aromatic amines is 1. The number of H-pyrrole nitrogens is 1. The fourth-order valence-electron chi connectivity index (χ4n) is 2.66. The molecule has 2 N–H and O–H groups in total. The number of hydrogen-bond donors (Lipinski definition) is 2. The minimum absolute atomic E-state index is 0.0792. The molecule has 5 heteroatoms. The third-order valence-electron chi connectivity index (χ3n) is 4.05. The average molecular weight is 323 g/mol. The molecule has 0 unspecified atom stereocenters. The number of methoxy groups -OCH3 is 1. The number of ether oxygens (including phenoxy) is 1. The van der Waals surface area contributed by atoms with E-state index in [-0.39, 0.29) is 12.3 Å². The molecule has 0 radical (unpaired) electrons. The molecule has 3 aromatic rings.